The highest BCUT2D eigenvalue weighted by molar-refractivity contribution is 5.91. The Labute approximate surface area is 148 Å². The van der Waals surface area contributed by atoms with E-state index in [0.717, 1.165) is 38.5 Å². The van der Waals surface area contributed by atoms with Crippen LogP contribution in [0.4, 0.5) is 0 Å². The van der Waals surface area contributed by atoms with Crippen molar-refractivity contribution in [3.63, 3.8) is 0 Å². The Hall–Kier alpha value is -1.92. The molecule has 0 bridgehead atoms. The normalized spacial score (nSPS) is 24.0. The zero-order valence-corrected chi connectivity index (χ0v) is 15.2. The third-order valence-electron chi connectivity index (χ3n) is 5.31. The Kier molecular flexibility index (Phi) is 5.71. The fourth-order valence-corrected chi connectivity index (χ4v) is 3.42. The van der Waals surface area contributed by atoms with Crippen LogP contribution in [0.25, 0.3) is 0 Å². The van der Waals surface area contributed by atoms with Crippen LogP contribution in [0, 0.1) is 11.8 Å². The summed E-state index contributed by atoms with van der Waals surface area (Å²) in [5.74, 6) is 0.727. The monoisotopic (exact) mass is 347 g/mol. The maximum atomic E-state index is 12.0. The molecule has 1 heterocycles. The van der Waals surface area contributed by atoms with Crippen molar-refractivity contribution in [2.75, 3.05) is 6.54 Å². The lowest BCUT2D eigenvalue weighted by Crippen LogP contribution is -2.42. The predicted molar refractivity (Wildman–Crippen MR) is 94.0 cm³/mol. The van der Waals surface area contributed by atoms with Gasteiger partial charge in [-0.15, -0.1) is 5.10 Å². The average Bonchev–Trinajstić information content (AvgIpc) is 3.01. The number of nitrogens with one attached hydrogen (secondary N) is 2. The van der Waals surface area contributed by atoms with Gasteiger partial charge in [0.1, 0.15) is 0 Å². The third kappa shape index (κ3) is 4.58. The molecule has 0 spiro atoms. The predicted octanol–water partition coefficient (Wildman–Crippen LogP) is 2.06. The first-order valence-electron chi connectivity index (χ1n) is 9.53. The van der Waals surface area contributed by atoms with Gasteiger partial charge in [0.25, 0.3) is 5.91 Å². The number of carbonyl (C=O) groups is 2. The molecule has 0 aromatic carbocycles. The van der Waals surface area contributed by atoms with Gasteiger partial charge in [0.2, 0.25) is 5.91 Å². The minimum absolute atomic E-state index is 0.165. The third-order valence-corrected chi connectivity index (χ3v) is 5.31. The molecule has 0 aliphatic heterocycles. The molecule has 2 saturated carbocycles. The first-order chi connectivity index (χ1) is 12.0. The Bertz CT molecular complexity index is 600. The molecule has 2 aliphatic carbocycles. The van der Waals surface area contributed by atoms with Gasteiger partial charge in [-0.3, -0.25) is 9.59 Å². The molecular formula is C18H29N5O2. The van der Waals surface area contributed by atoms with Gasteiger partial charge in [-0.25, -0.2) is 4.68 Å². The van der Waals surface area contributed by atoms with Crippen molar-refractivity contribution in [3.05, 3.63) is 11.9 Å². The molecule has 2 fully saturated rings. The van der Waals surface area contributed by atoms with E-state index < -0.39 is 0 Å². The molecule has 2 N–H and O–H groups in total. The van der Waals surface area contributed by atoms with Gasteiger partial charge in [-0.05, 0) is 44.4 Å². The van der Waals surface area contributed by atoms with Crippen molar-refractivity contribution in [2.24, 2.45) is 11.8 Å². The number of nitrogens with zero attached hydrogens (tertiary/aromatic N) is 3. The highest BCUT2D eigenvalue weighted by Gasteiger charge is 2.29. The van der Waals surface area contributed by atoms with Crippen LogP contribution in [0.5, 0.6) is 0 Å². The van der Waals surface area contributed by atoms with Gasteiger partial charge in [-0.2, -0.15) is 0 Å². The largest absolute Gasteiger partial charge is 0.353 e. The summed E-state index contributed by atoms with van der Waals surface area (Å²) in [6.07, 6.45) is 8.83. The molecule has 1 aromatic rings. The zero-order chi connectivity index (χ0) is 17.8. The summed E-state index contributed by atoms with van der Waals surface area (Å²) in [5, 5.41) is 14.2. The van der Waals surface area contributed by atoms with E-state index >= 15 is 0 Å². The van der Waals surface area contributed by atoms with Crippen LogP contribution in [0.3, 0.4) is 0 Å². The van der Waals surface area contributed by atoms with Crippen molar-refractivity contribution >= 4 is 11.8 Å². The van der Waals surface area contributed by atoms with Crippen molar-refractivity contribution < 1.29 is 9.59 Å². The maximum Gasteiger partial charge on any atom is 0.273 e. The van der Waals surface area contributed by atoms with Crippen LogP contribution in [0.1, 0.15) is 75.3 Å². The summed E-state index contributed by atoms with van der Waals surface area (Å²) in [5.41, 5.74) is 0.376. The standard InChI is InChI=1S/C18H29N5O2/c1-12(2)10-19-18(25)16-11-23(22-21-16)15-8-6-14(7-9-15)20-17(24)13-4-3-5-13/h11-15H,3-10H2,1-2H3,(H,19,25)(H,20,24). The van der Waals surface area contributed by atoms with Crippen LogP contribution < -0.4 is 10.6 Å². The second-order valence-electron chi connectivity index (χ2n) is 7.83. The first kappa shape index (κ1) is 17.9. The summed E-state index contributed by atoms with van der Waals surface area (Å²) in [6.45, 7) is 4.75. The lowest BCUT2D eigenvalue weighted by atomic mass is 9.84. The molecule has 138 valence electrons. The molecule has 7 heteroatoms. The fraction of sp³-hybridized carbons (Fsp3) is 0.778. The molecular weight excluding hydrogens is 318 g/mol. The van der Waals surface area contributed by atoms with Crippen LogP contribution >= 0.6 is 0 Å². The van der Waals surface area contributed by atoms with Crippen molar-refractivity contribution in [1.82, 2.24) is 25.6 Å². The molecule has 0 atom stereocenters. The minimum Gasteiger partial charge on any atom is -0.353 e. The zero-order valence-electron chi connectivity index (χ0n) is 15.2. The number of carbonyl (C=O) groups excluding carboxylic acids is 2. The second kappa shape index (κ2) is 7.97. The van der Waals surface area contributed by atoms with Crippen molar-refractivity contribution in [1.29, 1.82) is 0 Å². The van der Waals surface area contributed by atoms with Gasteiger partial charge in [-0.1, -0.05) is 25.5 Å². The topological polar surface area (TPSA) is 88.9 Å². The Morgan fingerprint density at radius 1 is 1.20 bits per heavy atom. The number of aromatic nitrogens is 3. The Morgan fingerprint density at radius 3 is 2.52 bits per heavy atom. The summed E-state index contributed by atoms with van der Waals surface area (Å²) in [7, 11) is 0. The van der Waals surface area contributed by atoms with Crippen molar-refractivity contribution in [3.8, 4) is 0 Å². The number of hydrogen-bond acceptors (Lipinski definition) is 4. The van der Waals surface area contributed by atoms with E-state index in [1.165, 1.54) is 6.42 Å². The number of hydrogen-bond donors (Lipinski definition) is 2. The van der Waals surface area contributed by atoms with Crippen LogP contribution in [-0.4, -0.2) is 39.4 Å². The Balaban J connectivity index is 1.46. The summed E-state index contributed by atoms with van der Waals surface area (Å²) in [4.78, 5) is 24.1. The van der Waals surface area contributed by atoms with Gasteiger partial charge in [0.15, 0.2) is 5.69 Å². The van der Waals surface area contributed by atoms with Crippen LogP contribution in [0.2, 0.25) is 0 Å². The highest BCUT2D eigenvalue weighted by atomic mass is 16.2. The molecule has 1 aromatic heterocycles. The van der Waals surface area contributed by atoms with E-state index in [-0.39, 0.29) is 29.8 Å². The van der Waals surface area contributed by atoms with E-state index in [1.54, 1.807) is 6.20 Å². The quantitative estimate of drug-likeness (QED) is 0.824. The maximum absolute atomic E-state index is 12.0. The van der Waals surface area contributed by atoms with Crippen molar-refractivity contribution in [2.45, 2.75) is 70.9 Å². The van der Waals surface area contributed by atoms with E-state index in [2.05, 4.69) is 34.8 Å². The number of rotatable bonds is 6. The minimum atomic E-state index is -0.165. The van der Waals surface area contributed by atoms with Gasteiger partial charge in [0.05, 0.1) is 12.2 Å². The van der Waals surface area contributed by atoms with E-state index in [4.69, 9.17) is 0 Å². The van der Waals surface area contributed by atoms with Crippen LogP contribution in [-0.2, 0) is 4.79 Å². The molecule has 2 amide bonds. The molecule has 2 aliphatic rings. The smallest absolute Gasteiger partial charge is 0.273 e. The molecule has 0 saturated heterocycles. The van der Waals surface area contributed by atoms with Gasteiger partial charge < -0.3 is 10.6 Å². The molecule has 7 nitrogen and oxygen atoms in total. The van der Waals surface area contributed by atoms with E-state index in [1.807, 2.05) is 4.68 Å². The molecule has 0 radical (unpaired) electrons. The molecule has 0 unspecified atom stereocenters. The molecule has 25 heavy (non-hydrogen) atoms. The second-order valence-corrected chi connectivity index (χ2v) is 7.83. The van der Waals surface area contributed by atoms with Gasteiger partial charge in [0, 0.05) is 18.5 Å². The summed E-state index contributed by atoms with van der Waals surface area (Å²) >= 11 is 0. The van der Waals surface area contributed by atoms with Gasteiger partial charge >= 0.3 is 0 Å². The van der Waals surface area contributed by atoms with E-state index in [0.29, 0.717) is 18.2 Å². The SMILES string of the molecule is CC(C)CNC(=O)c1cn(C2CCC(NC(=O)C3CCC3)CC2)nn1. The first-order valence-corrected chi connectivity index (χ1v) is 9.53. The average molecular weight is 347 g/mol. The van der Waals surface area contributed by atoms with E-state index in [9.17, 15) is 9.59 Å². The molecule has 3 rings (SSSR count). The summed E-state index contributed by atoms with van der Waals surface area (Å²) < 4.78 is 1.81. The lowest BCUT2D eigenvalue weighted by Gasteiger charge is -2.32. The number of amides is 2. The lowest BCUT2D eigenvalue weighted by molar-refractivity contribution is -0.128. The summed E-state index contributed by atoms with van der Waals surface area (Å²) in [6, 6.07) is 0.540. The Morgan fingerprint density at radius 2 is 1.92 bits per heavy atom. The fourth-order valence-electron chi connectivity index (χ4n) is 3.42. The van der Waals surface area contributed by atoms with Crippen LogP contribution in [0.15, 0.2) is 6.20 Å². The highest BCUT2D eigenvalue weighted by Crippen LogP contribution is 2.30.